The number of rotatable bonds is 10. The highest BCUT2D eigenvalue weighted by atomic mass is 14.0. The van der Waals surface area contributed by atoms with Crippen LogP contribution in [0.2, 0.25) is 0 Å². The fourth-order valence-electron chi connectivity index (χ4n) is 7.71. The second-order valence-corrected chi connectivity index (χ2v) is 18.1. The third kappa shape index (κ3) is 23.6. The zero-order valence-corrected chi connectivity index (χ0v) is 46.8. The summed E-state index contributed by atoms with van der Waals surface area (Å²) in [5.41, 5.74) is 25.9. The average molecular weight is 953 g/mol. The Morgan fingerprint density at radius 2 is 0.806 bits per heavy atom. The summed E-state index contributed by atoms with van der Waals surface area (Å²) < 4.78 is 0. The third-order valence-electron chi connectivity index (χ3n) is 12.1. The van der Waals surface area contributed by atoms with Gasteiger partial charge in [0.05, 0.1) is 0 Å². The maximum Gasteiger partial charge on any atom is -0.0204 e. The van der Waals surface area contributed by atoms with Gasteiger partial charge in [0, 0.05) is 0 Å². The van der Waals surface area contributed by atoms with Crippen molar-refractivity contribution in [3.63, 3.8) is 0 Å². The quantitative estimate of drug-likeness (QED) is 0.128. The van der Waals surface area contributed by atoms with Crippen LogP contribution >= 0.6 is 0 Å². The van der Waals surface area contributed by atoms with Gasteiger partial charge in [-0.05, 0) is 178 Å². The molecule has 7 aromatic rings. The number of benzene rings is 7. The summed E-state index contributed by atoms with van der Waals surface area (Å²) in [5, 5.41) is 0. The van der Waals surface area contributed by atoms with E-state index in [1.807, 2.05) is 48.6 Å². The number of hydrogen-bond acceptors (Lipinski definition) is 0. The summed E-state index contributed by atoms with van der Waals surface area (Å²) in [6.07, 6.45) is 16.5. The highest BCUT2D eigenvalue weighted by Gasteiger charge is 1.99. The van der Waals surface area contributed by atoms with Crippen LogP contribution in [0.3, 0.4) is 0 Å². The van der Waals surface area contributed by atoms with Gasteiger partial charge in [-0.1, -0.05) is 265 Å². The Bertz CT molecular complexity index is 2760. The maximum absolute atomic E-state index is 3.78. The number of hydrogen-bond donors (Lipinski definition) is 0. The lowest BCUT2D eigenvalue weighted by Gasteiger charge is -2.05. The van der Waals surface area contributed by atoms with Gasteiger partial charge in [-0.15, -0.1) is 0 Å². The topological polar surface area (TPSA) is 0 Å². The fourth-order valence-corrected chi connectivity index (χ4v) is 7.71. The molecule has 0 bridgehead atoms. The van der Waals surface area contributed by atoms with E-state index in [2.05, 4.69) is 263 Å². The molecule has 0 aliphatic rings. The lowest BCUT2D eigenvalue weighted by atomic mass is 10.0. The molecule has 7 rings (SSSR count). The van der Waals surface area contributed by atoms with Gasteiger partial charge in [-0.25, -0.2) is 0 Å². The van der Waals surface area contributed by atoms with Crippen LogP contribution < -0.4 is 0 Å². The first-order chi connectivity index (χ1) is 34.4. The number of aryl methyl sites for hydroxylation is 13. The van der Waals surface area contributed by atoms with E-state index in [-0.39, 0.29) is 0 Å². The Morgan fingerprint density at radius 3 is 1.28 bits per heavy atom. The van der Waals surface area contributed by atoms with Crippen LogP contribution in [0, 0.1) is 69.2 Å². The molecule has 0 aromatic heterocycles. The monoisotopic (exact) mass is 953 g/mol. The molecule has 0 radical (unpaired) electrons. The van der Waals surface area contributed by atoms with Crippen LogP contribution in [0.25, 0.3) is 42.5 Å². The molecule has 0 amide bonds. The minimum atomic E-state index is 1.09. The van der Waals surface area contributed by atoms with Crippen molar-refractivity contribution in [2.75, 3.05) is 0 Å². The van der Waals surface area contributed by atoms with E-state index >= 15 is 0 Å². The highest BCUT2D eigenvalue weighted by Crippen LogP contribution is 2.18. The van der Waals surface area contributed by atoms with Crippen molar-refractivity contribution in [2.45, 2.75) is 109 Å². The lowest BCUT2D eigenvalue weighted by molar-refractivity contribution is 1.13. The predicted molar refractivity (Wildman–Crippen MR) is 331 cm³/mol. The van der Waals surface area contributed by atoms with Gasteiger partial charge >= 0.3 is 0 Å². The Morgan fingerprint density at radius 1 is 0.292 bits per heavy atom. The summed E-state index contributed by atoms with van der Waals surface area (Å²) in [7, 11) is 0. The van der Waals surface area contributed by atoms with E-state index in [4.69, 9.17) is 0 Å². The van der Waals surface area contributed by atoms with Gasteiger partial charge in [-0.3, -0.25) is 0 Å². The van der Waals surface area contributed by atoms with Gasteiger partial charge in [0.2, 0.25) is 0 Å². The minimum Gasteiger partial charge on any atom is -0.0985 e. The maximum atomic E-state index is 3.78. The van der Waals surface area contributed by atoms with E-state index in [0.717, 1.165) is 19.3 Å². The molecular weight excluding hydrogens is 865 g/mol. The molecular formula is C72H88. The van der Waals surface area contributed by atoms with Crippen molar-refractivity contribution in [1.29, 1.82) is 0 Å². The summed E-state index contributed by atoms with van der Waals surface area (Å²) in [5.74, 6) is 0. The Balaban J connectivity index is 0.000000420. The second kappa shape index (κ2) is 34.9. The van der Waals surface area contributed by atoms with Crippen molar-refractivity contribution < 1.29 is 0 Å². The van der Waals surface area contributed by atoms with Gasteiger partial charge in [0.1, 0.15) is 0 Å². The molecule has 0 saturated heterocycles. The molecule has 0 heteroatoms. The predicted octanol–water partition coefficient (Wildman–Crippen LogP) is 21.1. The minimum absolute atomic E-state index is 1.09. The Hall–Kier alpha value is -7.28. The molecule has 72 heavy (non-hydrogen) atoms. The lowest BCUT2D eigenvalue weighted by Crippen LogP contribution is -1.87. The van der Waals surface area contributed by atoms with Crippen molar-refractivity contribution >= 4 is 42.5 Å². The zero-order valence-electron chi connectivity index (χ0n) is 46.8. The van der Waals surface area contributed by atoms with Crippen molar-refractivity contribution in [1.82, 2.24) is 0 Å². The van der Waals surface area contributed by atoms with Crippen molar-refractivity contribution in [3.05, 3.63) is 291 Å². The van der Waals surface area contributed by atoms with E-state index < -0.39 is 0 Å². The molecule has 7 aromatic carbocycles. The summed E-state index contributed by atoms with van der Waals surface area (Å²) >= 11 is 0. The van der Waals surface area contributed by atoms with Gasteiger partial charge < -0.3 is 0 Å². The van der Waals surface area contributed by atoms with Crippen LogP contribution in [0.15, 0.2) is 180 Å². The van der Waals surface area contributed by atoms with Crippen LogP contribution in [-0.2, 0) is 19.3 Å². The Labute approximate surface area is 440 Å². The molecule has 0 nitrogen and oxygen atoms in total. The standard InChI is InChI=1S/2C11H14.5C10H12/c1-5-11-7-9(3)8(2)6-10(11)4;1-5-11-9(3)6-8(2)7-10(11)4;1-4-10-6-8(2)5-9(3)7-10;1-4-10-7-8(2)5-6-9(10)3;1-3-9-5-7-10(4-2)8-6-9;1-3-9-6-5-7-10(4-2)8-9;1-3-9-7-5-6-8-10(9)4-2/h2*5-7H,1H2,2-4H3;2*4-7H,1H2,2-3H3;3*3,5-8H,1,4H2,2H3. The molecule has 0 fully saturated rings. The van der Waals surface area contributed by atoms with Gasteiger partial charge in [0.25, 0.3) is 0 Å². The van der Waals surface area contributed by atoms with E-state index in [9.17, 15) is 0 Å². The van der Waals surface area contributed by atoms with E-state index in [0.29, 0.717) is 0 Å². The second-order valence-electron chi connectivity index (χ2n) is 18.1. The molecule has 0 aliphatic heterocycles. The largest absolute Gasteiger partial charge is 0.0985 e. The molecule has 0 saturated carbocycles. The summed E-state index contributed by atoms with van der Waals surface area (Å²) in [4.78, 5) is 0. The molecule has 0 unspecified atom stereocenters. The first kappa shape index (κ1) is 62.7. The zero-order chi connectivity index (χ0) is 54.2. The molecule has 0 heterocycles. The van der Waals surface area contributed by atoms with Crippen molar-refractivity contribution in [3.8, 4) is 0 Å². The average Bonchev–Trinajstić information content (AvgIpc) is 3.38. The van der Waals surface area contributed by atoms with Crippen LogP contribution in [0.1, 0.15) is 132 Å². The van der Waals surface area contributed by atoms with Gasteiger partial charge in [0.15, 0.2) is 0 Å². The molecule has 0 spiro atoms. The van der Waals surface area contributed by atoms with Crippen LogP contribution in [0.4, 0.5) is 0 Å². The third-order valence-corrected chi connectivity index (χ3v) is 12.1. The Kier molecular flexibility index (Phi) is 30.4. The molecule has 0 N–H and O–H groups in total. The summed E-state index contributed by atoms with van der Waals surface area (Å²) in [6.45, 7) is 53.7. The smallest absolute Gasteiger partial charge is 0.0204 e. The summed E-state index contributed by atoms with van der Waals surface area (Å²) in [6, 6.07) is 46.7. The first-order valence-corrected chi connectivity index (χ1v) is 25.3. The molecule has 0 aliphatic carbocycles. The molecule has 0 atom stereocenters. The van der Waals surface area contributed by atoms with Gasteiger partial charge in [-0.2, -0.15) is 0 Å². The fraction of sp³-hybridized carbons (Fsp3) is 0.222. The van der Waals surface area contributed by atoms with Crippen molar-refractivity contribution in [2.24, 2.45) is 0 Å². The van der Waals surface area contributed by atoms with E-state index in [1.165, 1.54) is 111 Å². The normalized spacial score (nSPS) is 9.46. The SMILES string of the molecule is C=Cc1c(C)cc(C)cc1C.C=Cc1cc(C)c(C)cc1C.C=Cc1cc(C)cc(C)c1.C=Cc1cc(C)ccc1C.C=Cc1ccc(CC)cc1.C=Cc1cccc(CC)c1.C=Cc1ccccc1CC. The first-order valence-electron chi connectivity index (χ1n) is 25.3. The molecule has 376 valence electrons. The van der Waals surface area contributed by atoms with Crippen LogP contribution in [-0.4, -0.2) is 0 Å². The van der Waals surface area contributed by atoms with E-state index in [1.54, 1.807) is 0 Å². The van der Waals surface area contributed by atoms with Crippen LogP contribution in [0.5, 0.6) is 0 Å². The highest BCUT2D eigenvalue weighted by molar-refractivity contribution is 5.58.